The van der Waals surface area contributed by atoms with E-state index in [4.69, 9.17) is 5.73 Å². The lowest BCUT2D eigenvalue weighted by atomic mass is 10.1. The van der Waals surface area contributed by atoms with Gasteiger partial charge in [-0.05, 0) is 32.6 Å². The highest BCUT2D eigenvalue weighted by molar-refractivity contribution is 5.84. The van der Waals surface area contributed by atoms with E-state index >= 15 is 0 Å². The van der Waals surface area contributed by atoms with Gasteiger partial charge in [0.25, 0.3) is 0 Å². The van der Waals surface area contributed by atoms with Crippen molar-refractivity contribution in [1.82, 2.24) is 10.2 Å². The lowest BCUT2D eigenvalue weighted by Crippen LogP contribution is -2.38. The lowest BCUT2D eigenvalue weighted by Gasteiger charge is -2.15. The fraction of sp³-hybridized carbons (Fsp3) is 0.833. The van der Waals surface area contributed by atoms with Crippen LogP contribution in [0.3, 0.4) is 0 Å². The zero-order valence-electron chi connectivity index (χ0n) is 10.6. The average Bonchev–Trinajstić information content (AvgIpc) is 2.78. The molecule has 1 fully saturated rings. The van der Waals surface area contributed by atoms with Gasteiger partial charge in [-0.2, -0.15) is 0 Å². The second kappa shape index (κ2) is 7.27. The number of rotatable bonds is 6. The number of hydrogen-bond acceptors (Lipinski definition) is 3. The van der Waals surface area contributed by atoms with E-state index < -0.39 is 0 Å². The molecule has 0 bridgehead atoms. The van der Waals surface area contributed by atoms with Crippen molar-refractivity contribution in [2.45, 2.75) is 45.1 Å². The Morgan fingerprint density at radius 3 is 2.59 bits per heavy atom. The van der Waals surface area contributed by atoms with Gasteiger partial charge in [-0.15, -0.1) is 0 Å². The molecule has 1 aliphatic heterocycles. The van der Waals surface area contributed by atoms with Gasteiger partial charge in [0.2, 0.25) is 11.8 Å². The predicted octanol–water partition coefficient (Wildman–Crippen LogP) is 0.243. The second-order valence-electron chi connectivity index (χ2n) is 4.73. The van der Waals surface area contributed by atoms with Crippen molar-refractivity contribution in [3.05, 3.63) is 0 Å². The molecule has 2 amide bonds. The first-order valence-corrected chi connectivity index (χ1v) is 6.39. The van der Waals surface area contributed by atoms with Crippen LogP contribution in [-0.4, -0.2) is 42.4 Å². The van der Waals surface area contributed by atoms with Crippen LogP contribution in [0.2, 0.25) is 0 Å². The first kappa shape index (κ1) is 14.0. The number of hydrogen-bond donors (Lipinski definition) is 2. The van der Waals surface area contributed by atoms with Crippen LogP contribution in [0.4, 0.5) is 0 Å². The molecule has 5 heteroatoms. The van der Waals surface area contributed by atoms with Crippen molar-refractivity contribution in [2.75, 3.05) is 19.6 Å². The van der Waals surface area contributed by atoms with Gasteiger partial charge in [0.05, 0.1) is 6.54 Å². The fourth-order valence-electron chi connectivity index (χ4n) is 1.93. The molecular weight excluding hydrogens is 218 g/mol. The number of nitrogens with zero attached hydrogens (tertiary/aromatic N) is 1. The first-order valence-electron chi connectivity index (χ1n) is 6.39. The van der Waals surface area contributed by atoms with Gasteiger partial charge >= 0.3 is 0 Å². The van der Waals surface area contributed by atoms with Crippen LogP contribution < -0.4 is 11.1 Å². The van der Waals surface area contributed by atoms with E-state index in [2.05, 4.69) is 5.32 Å². The molecule has 1 rings (SSSR count). The standard InChI is InChI=1S/C12H23N3O2/c1-10(13)5-4-6-11(16)14-9-12(17)15-7-2-3-8-15/h10H,2-9,13H2,1H3,(H,14,16). The Morgan fingerprint density at radius 2 is 2.00 bits per heavy atom. The van der Waals surface area contributed by atoms with Crippen LogP contribution in [0.5, 0.6) is 0 Å². The molecule has 0 aromatic heterocycles. The molecule has 3 N–H and O–H groups in total. The Balaban J connectivity index is 2.08. The van der Waals surface area contributed by atoms with Gasteiger partial charge in [-0.1, -0.05) is 0 Å². The van der Waals surface area contributed by atoms with E-state index in [1.165, 1.54) is 0 Å². The molecule has 0 aromatic rings. The molecule has 0 aliphatic carbocycles. The molecule has 0 aromatic carbocycles. The molecule has 98 valence electrons. The molecule has 1 heterocycles. The third kappa shape index (κ3) is 5.68. The van der Waals surface area contributed by atoms with Crippen molar-refractivity contribution in [3.63, 3.8) is 0 Å². The van der Waals surface area contributed by atoms with Crippen molar-refractivity contribution >= 4 is 11.8 Å². The van der Waals surface area contributed by atoms with Gasteiger partial charge in [0.1, 0.15) is 0 Å². The number of carbonyl (C=O) groups is 2. The summed E-state index contributed by atoms with van der Waals surface area (Å²) in [4.78, 5) is 24.9. The van der Waals surface area contributed by atoms with Gasteiger partial charge in [0.15, 0.2) is 0 Å². The molecular formula is C12H23N3O2. The van der Waals surface area contributed by atoms with Gasteiger partial charge in [0, 0.05) is 25.6 Å². The molecule has 5 nitrogen and oxygen atoms in total. The molecule has 0 spiro atoms. The minimum absolute atomic E-state index is 0.0306. The highest BCUT2D eigenvalue weighted by atomic mass is 16.2. The summed E-state index contributed by atoms with van der Waals surface area (Å²) in [6.07, 6.45) is 4.23. The maximum atomic E-state index is 11.6. The summed E-state index contributed by atoms with van der Waals surface area (Å²) in [7, 11) is 0. The summed E-state index contributed by atoms with van der Waals surface area (Å²) in [6.45, 7) is 3.73. The van der Waals surface area contributed by atoms with Crippen LogP contribution in [0, 0.1) is 0 Å². The summed E-state index contributed by atoms with van der Waals surface area (Å²) >= 11 is 0. The summed E-state index contributed by atoms with van der Waals surface area (Å²) in [6, 6.07) is 0.133. The minimum Gasteiger partial charge on any atom is -0.347 e. The molecule has 1 aliphatic rings. The van der Waals surface area contributed by atoms with E-state index in [9.17, 15) is 9.59 Å². The van der Waals surface area contributed by atoms with E-state index in [1.54, 1.807) is 0 Å². The number of nitrogens with one attached hydrogen (secondary N) is 1. The van der Waals surface area contributed by atoms with E-state index in [-0.39, 0.29) is 24.4 Å². The van der Waals surface area contributed by atoms with Crippen LogP contribution in [-0.2, 0) is 9.59 Å². The first-order chi connectivity index (χ1) is 8.09. The van der Waals surface area contributed by atoms with E-state index in [0.717, 1.165) is 38.8 Å². The quantitative estimate of drug-likeness (QED) is 0.699. The highest BCUT2D eigenvalue weighted by Gasteiger charge is 2.17. The molecule has 17 heavy (non-hydrogen) atoms. The lowest BCUT2D eigenvalue weighted by molar-refractivity contribution is -0.132. The monoisotopic (exact) mass is 241 g/mol. The largest absolute Gasteiger partial charge is 0.347 e. The summed E-state index contributed by atoms with van der Waals surface area (Å²) in [5.74, 6) is -0.0266. The molecule has 1 unspecified atom stereocenters. The number of amides is 2. The fourth-order valence-corrected chi connectivity index (χ4v) is 1.93. The number of nitrogens with two attached hydrogens (primary N) is 1. The zero-order valence-corrected chi connectivity index (χ0v) is 10.6. The van der Waals surface area contributed by atoms with Gasteiger partial charge in [-0.25, -0.2) is 0 Å². The van der Waals surface area contributed by atoms with Crippen molar-refractivity contribution in [3.8, 4) is 0 Å². The Morgan fingerprint density at radius 1 is 1.35 bits per heavy atom. The van der Waals surface area contributed by atoms with Crippen LogP contribution in [0.1, 0.15) is 39.0 Å². The zero-order chi connectivity index (χ0) is 12.7. The molecule has 1 atom stereocenters. The van der Waals surface area contributed by atoms with Crippen molar-refractivity contribution < 1.29 is 9.59 Å². The third-order valence-electron chi connectivity index (χ3n) is 2.96. The van der Waals surface area contributed by atoms with Crippen LogP contribution >= 0.6 is 0 Å². The Hall–Kier alpha value is -1.10. The Labute approximate surface area is 103 Å². The summed E-state index contributed by atoms with van der Waals surface area (Å²) < 4.78 is 0. The van der Waals surface area contributed by atoms with Crippen molar-refractivity contribution in [1.29, 1.82) is 0 Å². The minimum atomic E-state index is -0.0572. The Kier molecular flexibility index (Phi) is 5.97. The second-order valence-corrected chi connectivity index (χ2v) is 4.73. The topological polar surface area (TPSA) is 75.4 Å². The maximum Gasteiger partial charge on any atom is 0.241 e. The number of carbonyl (C=O) groups excluding carboxylic acids is 2. The van der Waals surface area contributed by atoms with E-state index in [1.807, 2.05) is 11.8 Å². The SMILES string of the molecule is CC(N)CCCC(=O)NCC(=O)N1CCCC1. The summed E-state index contributed by atoms with van der Waals surface area (Å²) in [5.41, 5.74) is 5.59. The number of likely N-dealkylation sites (tertiary alicyclic amines) is 1. The van der Waals surface area contributed by atoms with E-state index in [0.29, 0.717) is 6.42 Å². The van der Waals surface area contributed by atoms with Crippen molar-refractivity contribution in [2.24, 2.45) is 5.73 Å². The molecule has 0 radical (unpaired) electrons. The molecule has 0 saturated carbocycles. The Bertz CT molecular complexity index is 260. The predicted molar refractivity (Wildman–Crippen MR) is 66.3 cm³/mol. The van der Waals surface area contributed by atoms with Crippen LogP contribution in [0.25, 0.3) is 0 Å². The van der Waals surface area contributed by atoms with Gasteiger partial charge < -0.3 is 16.0 Å². The maximum absolute atomic E-state index is 11.6. The van der Waals surface area contributed by atoms with Crippen LogP contribution in [0.15, 0.2) is 0 Å². The third-order valence-corrected chi connectivity index (χ3v) is 2.96. The molecule has 1 saturated heterocycles. The smallest absolute Gasteiger partial charge is 0.241 e. The average molecular weight is 241 g/mol. The highest BCUT2D eigenvalue weighted by Crippen LogP contribution is 2.06. The van der Waals surface area contributed by atoms with Gasteiger partial charge in [-0.3, -0.25) is 9.59 Å². The summed E-state index contributed by atoms with van der Waals surface area (Å²) in [5, 5.41) is 2.66. The normalized spacial score (nSPS) is 16.9.